The van der Waals surface area contributed by atoms with E-state index in [1.165, 1.54) is 39.2 Å². The number of ketones is 1. The first kappa shape index (κ1) is 20.5. The van der Waals surface area contributed by atoms with Crippen LogP contribution in [0.2, 0.25) is 0 Å². The molecular formula is C20H32O4. The Morgan fingerprint density at radius 1 is 1.00 bits per heavy atom. The molecule has 0 bridgehead atoms. The molecule has 1 aromatic heterocycles. The van der Waals surface area contributed by atoms with Crippen molar-refractivity contribution in [3.05, 3.63) is 27.1 Å². The third-order valence-electron chi connectivity index (χ3n) is 4.45. The molecule has 1 rings (SSSR count). The molecule has 4 nitrogen and oxygen atoms in total. The average Bonchev–Trinajstić information content (AvgIpc) is 2.59. The largest absolute Gasteiger partial charge is 0.468 e. The zero-order valence-electron chi connectivity index (χ0n) is 15.7. The smallest absolute Gasteiger partial charge is 0.291 e. The molecule has 1 heterocycles. The van der Waals surface area contributed by atoms with Gasteiger partial charge >= 0.3 is 0 Å². The minimum Gasteiger partial charge on any atom is -0.468 e. The normalized spacial score (nSPS) is 10.8. The lowest BCUT2D eigenvalue weighted by Gasteiger charge is -2.10. The van der Waals surface area contributed by atoms with Crippen molar-refractivity contribution < 1.29 is 13.9 Å². The predicted molar refractivity (Wildman–Crippen MR) is 97.2 cm³/mol. The standard InChI is InChI=1S/C20H32O4/c1-5-7-8-9-10-11-12-13-14-17(21)19-15(3)18(22)16(6-2)20(23-4)24-19/h5-14H2,1-4H3. The molecule has 0 saturated heterocycles. The summed E-state index contributed by atoms with van der Waals surface area (Å²) in [6, 6.07) is 0. The zero-order chi connectivity index (χ0) is 17.9. The van der Waals surface area contributed by atoms with Crippen molar-refractivity contribution in [3.63, 3.8) is 0 Å². The fourth-order valence-corrected chi connectivity index (χ4v) is 2.92. The lowest BCUT2D eigenvalue weighted by atomic mass is 10.0. The predicted octanol–water partition coefficient (Wildman–Crippen LogP) is 5.23. The number of unbranched alkanes of at least 4 members (excludes halogenated alkanes) is 7. The fourth-order valence-electron chi connectivity index (χ4n) is 2.92. The summed E-state index contributed by atoms with van der Waals surface area (Å²) in [5.74, 6) is 0.237. The van der Waals surface area contributed by atoms with Crippen LogP contribution in [-0.4, -0.2) is 12.9 Å². The molecule has 0 saturated carbocycles. The van der Waals surface area contributed by atoms with E-state index in [4.69, 9.17) is 9.15 Å². The van der Waals surface area contributed by atoms with Gasteiger partial charge in [-0.05, 0) is 19.8 Å². The van der Waals surface area contributed by atoms with Crippen LogP contribution in [0.25, 0.3) is 0 Å². The molecule has 0 amide bonds. The molecule has 24 heavy (non-hydrogen) atoms. The second-order valence-corrected chi connectivity index (χ2v) is 6.36. The Kier molecular flexibility index (Phi) is 9.43. The zero-order valence-corrected chi connectivity index (χ0v) is 15.7. The number of ether oxygens (including phenoxy) is 1. The second-order valence-electron chi connectivity index (χ2n) is 6.36. The summed E-state index contributed by atoms with van der Waals surface area (Å²) in [6.07, 6.45) is 10.4. The first-order chi connectivity index (χ1) is 11.6. The van der Waals surface area contributed by atoms with Crippen molar-refractivity contribution in [1.82, 2.24) is 0 Å². The van der Waals surface area contributed by atoms with E-state index in [9.17, 15) is 9.59 Å². The van der Waals surface area contributed by atoms with Gasteiger partial charge in [0.1, 0.15) is 0 Å². The number of hydrogen-bond acceptors (Lipinski definition) is 4. The maximum Gasteiger partial charge on any atom is 0.291 e. The van der Waals surface area contributed by atoms with Gasteiger partial charge in [-0.3, -0.25) is 9.59 Å². The molecule has 0 radical (unpaired) electrons. The van der Waals surface area contributed by atoms with Crippen LogP contribution >= 0.6 is 0 Å². The molecule has 0 atom stereocenters. The minimum atomic E-state index is -0.139. The number of hydrogen-bond donors (Lipinski definition) is 0. The highest BCUT2D eigenvalue weighted by Crippen LogP contribution is 2.21. The van der Waals surface area contributed by atoms with Crippen molar-refractivity contribution in [2.24, 2.45) is 0 Å². The summed E-state index contributed by atoms with van der Waals surface area (Å²) in [6.45, 7) is 5.75. The maximum absolute atomic E-state index is 12.4. The highest BCUT2D eigenvalue weighted by Gasteiger charge is 2.20. The first-order valence-corrected chi connectivity index (χ1v) is 9.30. The van der Waals surface area contributed by atoms with Gasteiger partial charge in [-0.2, -0.15) is 0 Å². The van der Waals surface area contributed by atoms with Crippen LogP contribution in [0.1, 0.15) is 93.3 Å². The van der Waals surface area contributed by atoms with Crippen molar-refractivity contribution in [2.75, 3.05) is 7.11 Å². The summed E-state index contributed by atoms with van der Waals surface area (Å²) in [5.41, 5.74) is 0.760. The van der Waals surface area contributed by atoms with E-state index in [-0.39, 0.29) is 22.9 Å². The molecule has 0 aliphatic heterocycles. The third kappa shape index (κ3) is 5.81. The lowest BCUT2D eigenvalue weighted by Crippen LogP contribution is -2.18. The summed E-state index contributed by atoms with van der Waals surface area (Å²) in [7, 11) is 1.46. The lowest BCUT2D eigenvalue weighted by molar-refractivity contribution is 0.0940. The fraction of sp³-hybridized carbons (Fsp3) is 0.700. The molecule has 0 aromatic carbocycles. The van der Waals surface area contributed by atoms with Gasteiger partial charge in [-0.1, -0.05) is 58.8 Å². The Morgan fingerprint density at radius 2 is 1.58 bits per heavy atom. The SMILES string of the molecule is CCCCCCCCCCC(=O)c1oc(OC)c(CC)c(=O)c1C. The van der Waals surface area contributed by atoms with Gasteiger partial charge in [-0.25, -0.2) is 0 Å². The van der Waals surface area contributed by atoms with E-state index in [2.05, 4.69) is 6.92 Å². The van der Waals surface area contributed by atoms with Crippen LogP contribution in [-0.2, 0) is 6.42 Å². The van der Waals surface area contributed by atoms with Crippen LogP contribution in [0, 0.1) is 6.92 Å². The summed E-state index contributed by atoms with van der Waals surface area (Å²) in [4.78, 5) is 24.7. The van der Waals surface area contributed by atoms with E-state index in [1.807, 2.05) is 6.92 Å². The quantitative estimate of drug-likeness (QED) is 0.387. The van der Waals surface area contributed by atoms with Gasteiger partial charge < -0.3 is 9.15 Å². The van der Waals surface area contributed by atoms with Gasteiger partial charge in [0.25, 0.3) is 5.95 Å². The molecule has 0 aliphatic rings. The minimum absolute atomic E-state index is 0.100. The first-order valence-electron chi connectivity index (χ1n) is 9.30. The number of carbonyl (C=O) groups excluding carboxylic acids is 1. The van der Waals surface area contributed by atoms with Crippen molar-refractivity contribution >= 4 is 5.78 Å². The van der Waals surface area contributed by atoms with Crippen LogP contribution in [0.5, 0.6) is 5.95 Å². The summed E-state index contributed by atoms with van der Waals surface area (Å²) in [5, 5.41) is 0. The van der Waals surface area contributed by atoms with Gasteiger partial charge in [-0.15, -0.1) is 0 Å². The van der Waals surface area contributed by atoms with Gasteiger partial charge in [0.05, 0.1) is 12.7 Å². The van der Waals surface area contributed by atoms with Gasteiger partial charge in [0.2, 0.25) is 0 Å². The summed E-state index contributed by atoms with van der Waals surface area (Å²) >= 11 is 0. The van der Waals surface area contributed by atoms with Crippen LogP contribution in [0.4, 0.5) is 0 Å². The molecule has 0 spiro atoms. The molecule has 0 aliphatic carbocycles. The van der Waals surface area contributed by atoms with Crippen molar-refractivity contribution in [2.45, 2.75) is 85.0 Å². The van der Waals surface area contributed by atoms with Crippen molar-refractivity contribution in [3.8, 4) is 5.95 Å². The van der Waals surface area contributed by atoms with E-state index >= 15 is 0 Å². The van der Waals surface area contributed by atoms with Crippen LogP contribution < -0.4 is 10.2 Å². The topological polar surface area (TPSA) is 56.5 Å². The average molecular weight is 336 g/mol. The third-order valence-corrected chi connectivity index (χ3v) is 4.45. The van der Waals surface area contributed by atoms with Crippen LogP contribution in [0.3, 0.4) is 0 Å². The molecule has 0 N–H and O–H groups in total. The number of carbonyl (C=O) groups is 1. The Balaban J connectivity index is 2.54. The molecule has 136 valence electrons. The van der Waals surface area contributed by atoms with E-state index in [0.29, 0.717) is 24.0 Å². The number of methoxy groups -OCH3 is 1. The Labute approximate surface area is 145 Å². The van der Waals surface area contributed by atoms with Crippen molar-refractivity contribution in [1.29, 1.82) is 0 Å². The monoisotopic (exact) mass is 336 g/mol. The van der Waals surface area contributed by atoms with Gasteiger partial charge in [0.15, 0.2) is 17.0 Å². The highest BCUT2D eigenvalue weighted by atomic mass is 16.6. The molecule has 0 fully saturated rings. The van der Waals surface area contributed by atoms with Crippen LogP contribution in [0.15, 0.2) is 9.21 Å². The number of rotatable bonds is 12. The van der Waals surface area contributed by atoms with E-state index < -0.39 is 0 Å². The Morgan fingerprint density at radius 3 is 2.12 bits per heavy atom. The molecular weight excluding hydrogens is 304 g/mol. The Hall–Kier alpha value is -1.58. The van der Waals surface area contributed by atoms with E-state index in [0.717, 1.165) is 19.3 Å². The van der Waals surface area contributed by atoms with Gasteiger partial charge in [0, 0.05) is 12.0 Å². The molecule has 4 heteroatoms. The highest BCUT2D eigenvalue weighted by molar-refractivity contribution is 5.94. The molecule has 1 aromatic rings. The number of Topliss-reactive ketones (excluding diaryl/α,β-unsaturated/α-hetero) is 1. The Bertz CT molecular complexity index is 572. The second kappa shape index (κ2) is 11.1. The van der Waals surface area contributed by atoms with E-state index in [1.54, 1.807) is 6.92 Å². The maximum atomic E-state index is 12.4. The summed E-state index contributed by atoms with van der Waals surface area (Å²) < 4.78 is 10.7. The molecule has 0 unspecified atom stereocenters.